The van der Waals surface area contributed by atoms with Crippen LogP contribution in [-0.4, -0.2) is 10.3 Å². The van der Waals surface area contributed by atoms with Gasteiger partial charge in [0.1, 0.15) is 5.75 Å². The van der Waals surface area contributed by atoms with E-state index < -0.39 is 0 Å². The third-order valence-electron chi connectivity index (χ3n) is 3.30. The van der Waals surface area contributed by atoms with E-state index in [1.54, 1.807) is 6.07 Å². The fraction of sp³-hybridized carbons (Fsp3) is 0.308. The number of nitrogens with two attached hydrogens (primary N) is 1. The topological polar surface area (TPSA) is 72.3 Å². The fourth-order valence-electron chi connectivity index (χ4n) is 2.42. The number of hydrogen-bond acceptors (Lipinski definition) is 4. The number of aromatic hydroxyl groups is 1. The van der Waals surface area contributed by atoms with Gasteiger partial charge in [0.2, 0.25) is 0 Å². The summed E-state index contributed by atoms with van der Waals surface area (Å²) < 4.78 is 5.09. The molecule has 0 saturated heterocycles. The molecule has 3 rings (SSSR count). The van der Waals surface area contributed by atoms with E-state index >= 15 is 0 Å². The van der Waals surface area contributed by atoms with Gasteiger partial charge in [-0.15, -0.1) is 0 Å². The van der Waals surface area contributed by atoms with Gasteiger partial charge in [-0.2, -0.15) is 0 Å². The van der Waals surface area contributed by atoms with Crippen LogP contribution in [0, 0.1) is 0 Å². The lowest BCUT2D eigenvalue weighted by molar-refractivity contribution is 0.427. The lowest BCUT2D eigenvalue weighted by atomic mass is 9.89. The Balaban J connectivity index is 2.12. The fourth-order valence-corrected chi connectivity index (χ4v) is 2.42. The maximum absolute atomic E-state index is 10.3. The molecule has 3 N–H and O–H groups in total. The van der Waals surface area contributed by atoms with Crippen molar-refractivity contribution in [1.29, 1.82) is 0 Å². The van der Waals surface area contributed by atoms with Crippen LogP contribution in [0.4, 0.5) is 5.82 Å². The summed E-state index contributed by atoms with van der Waals surface area (Å²) >= 11 is 0. The number of fused-ring (bicyclic) bond motifs is 1. The molecule has 0 aliphatic heterocycles. The summed E-state index contributed by atoms with van der Waals surface area (Å²) in [6.45, 7) is 0. The van der Waals surface area contributed by atoms with Crippen LogP contribution < -0.4 is 5.73 Å². The number of phenolic OH excluding ortho intramolecular Hbond substituents is 1. The quantitative estimate of drug-likeness (QED) is 0.789. The van der Waals surface area contributed by atoms with Crippen molar-refractivity contribution in [3.8, 4) is 17.1 Å². The smallest absolute Gasteiger partial charge is 0.172 e. The number of hydrogen-bond donors (Lipinski definition) is 2. The second-order valence-electron chi connectivity index (χ2n) is 4.42. The van der Waals surface area contributed by atoms with Crippen molar-refractivity contribution in [3.05, 3.63) is 29.3 Å². The zero-order chi connectivity index (χ0) is 11.8. The minimum Gasteiger partial charge on any atom is -0.507 e. The predicted molar refractivity (Wildman–Crippen MR) is 64.7 cm³/mol. The normalized spacial score (nSPS) is 14.6. The predicted octanol–water partition coefficient (Wildman–Crippen LogP) is 2.51. The molecule has 0 radical (unpaired) electrons. The van der Waals surface area contributed by atoms with E-state index in [9.17, 15) is 5.11 Å². The first-order valence-corrected chi connectivity index (χ1v) is 5.82. The van der Waals surface area contributed by atoms with E-state index in [1.165, 1.54) is 12.0 Å². The van der Waals surface area contributed by atoms with E-state index in [2.05, 4.69) is 11.2 Å². The summed E-state index contributed by atoms with van der Waals surface area (Å²) in [5.74, 6) is 1.17. The molecule has 4 heteroatoms. The van der Waals surface area contributed by atoms with E-state index in [4.69, 9.17) is 10.3 Å². The highest BCUT2D eigenvalue weighted by molar-refractivity contribution is 5.70. The number of anilines is 1. The average Bonchev–Trinajstić information content (AvgIpc) is 2.77. The van der Waals surface area contributed by atoms with Gasteiger partial charge < -0.3 is 15.4 Å². The first kappa shape index (κ1) is 10.2. The molecule has 88 valence electrons. The SMILES string of the molecule is Nc1cc(-c2ccc3c(c2O)CCCC3)on1. The van der Waals surface area contributed by atoms with Gasteiger partial charge in [0.05, 0.1) is 5.56 Å². The molecule has 1 aliphatic carbocycles. The molecule has 1 aromatic carbocycles. The van der Waals surface area contributed by atoms with Crippen LogP contribution >= 0.6 is 0 Å². The summed E-state index contributed by atoms with van der Waals surface area (Å²) in [5.41, 5.74) is 8.48. The standard InChI is InChI=1S/C13H14N2O2/c14-12-7-11(17-15-12)10-6-5-8-3-1-2-4-9(8)13(10)16/h5-7,16H,1-4H2,(H2,14,15). The average molecular weight is 230 g/mol. The zero-order valence-electron chi connectivity index (χ0n) is 9.44. The molecule has 0 spiro atoms. The Morgan fingerprint density at radius 3 is 2.82 bits per heavy atom. The van der Waals surface area contributed by atoms with Gasteiger partial charge in [-0.3, -0.25) is 0 Å². The van der Waals surface area contributed by atoms with Gasteiger partial charge in [0.15, 0.2) is 11.6 Å². The Labute approximate surface area is 99.0 Å². The van der Waals surface area contributed by atoms with Crippen LogP contribution in [0.3, 0.4) is 0 Å². The maximum atomic E-state index is 10.3. The van der Waals surface area contributed by atoms with Crippen molar-refractivity contribution in [2.75, 3.05) is 5.73 Å². The van der Waals surface area contributed by atoms with E-state index in [-0.39, 0.29) is 0 Å². The maximum Gasteiger partial charge on any atom is 0.172 e. The molecule has 0 amide bonds. The second kappa shape index (κ2) is 3.80. The molecule has 0 unspecified atom stereocenters. The molecule has 4 nitrogen and oxygen atoms in total. The molecule has 0 fully saturated rings. The monoisotopic (exact) mass is 230 g/mol. The van der Waals surface area contributed by atoms with Crippen molar-refractivity contribution < 1.29 is 9.63 Å². The summed E-state index contributed by atoms with van der Waals surface area (Å²) in [5, 5.41) is 13.9. The van der Waals surface area contributed by atoms with Crippen molar-refractivity contribution in [1.82, 2.24) is 5.16 Å². The van der Waals surface area contributed by atoms with Gasteiger partial charge >= 0.3 is 0 Å². The Morgan fingerprint density at radius 1 is 1.24 bits per heavy atom. The third-order valence-corrected chi connectivity index (χ3v) is 3.30. The summed E-state index contributed by atoms with van der Waals surface area (Å²) in [6.07, 6.45) is 4.30. The van der Waals surface area contributed by atoms with Crippen molar-refractivity contribution in [2.24, 2.45) is 0 Å². The van der Waals surface area contributed by atoms with E-state index in [0.29, 0.717) is 22.9 Å². The lowest BCUT2D eigenvalue weighted by Gasteiger charge is -2.18. The van der Waals surface area contributed by atoms with Gasteiger partial charge in [-0.05, 0) is 42.9 Å². The Bertz CT molecular complexity index is 561. The second-order valence-corrected chi connectivity index (χ2v) is 4.42. The molecule has 1 aliphatic rings. The lowest BCUT2D eigenvalue weighted by Crippen LogP contribution is -2.03. The van der Waals surface area contributed by atoms with Gasteiger partial charge in [-0.1, -0.05) is 11.2 Å². The Morgan fingerprint density at radius 2 is 2.06 bits per heavy atom. The van der Waals surface area contributed by atoms with Crippen LogP contribution in [0.1, 0.15) is 24.0 Å². The highest BCUT2D eigenvalue weighted by Crippen LogP contribution is 2.37. The molecule has 1 aromatic heterocycles. The van der Waals surface area contributed by atoms with E-state index in [1.807, 2.05) is 6.07 Å². The van der Waals surface area contributed by atoms with Gasteiger partial charge in [0.25, 0.3) is 0 Å². The third kappa shape index (κ3) is 1.65. The van der Waals surface area contributed by atoms with Crippen LogP contribution in [0.5, 0.6) is 5.75 Å². The number of phenols is 1. The number of aryl methyl sites for hydroxylation is 1. The Hall–Kier alpha value is -1.97. The van der Waals surface area contributed by atoms with Crippen LogP contribution in [0.15, 0.2) is 22.7 Å². The summed E-state index contributed by atoms with van der Waals surface area (Å²) in [6, 6.07) is 5.56. The number of benzene rings is 1. The summed E-state index contributed by atoms with van der Waals surface area (Å²) in [7, 11) is 0. The highest BCUT2D eigenvalue weighted by Gasteiger charge is 2.18. The first-order valence-electron chi connectivity index (χ1n) is 5.82. The highest BCUT2D eigenvalue weighted by atomic mass is 16.5. The van der Waals surface area contributed by atoms with Crippen LogP contribution in [-0.2, 0) is 12.8 Å². The summed E-state index contributed by atoms with van der Waals surface area (Å²) in [4.78, 5) is 0. The molecule has 1 heterocycles. The van der Waals surface area contributed by atoms with Crippen LogP contribution in [0.25, 0.3) is 11.3 Å². The minimum absolute atomic E-state index is 0.318. The molecular formula is C13H14N2O2. The van der Waals surface area contributed by atoms with Crippen molar-refractivity contribution >= 4 is 5.82 Å². The minimum atomic E-state index is 0.318. The molecule has 17 heavy (non-hydrogen) atoms. The number of rotatable bonds is 1. The molecule has 2 aromatic rings. The van der Waals surface area contributed by atoms with E-state index in [0.717, 1.165) is 24.8 Å². The zero-order valence-corrected chi connectivity index (χ0v) is 9.44. The first-order chi connectivity index (χ1) is 8.25. The molecule has 0 bridgehead atoms. The number of aromatic nitrogens is 1. The molecular weight excluding hydrogens is 216 g/mol. The molecule has 0 saturated carbocycles. The van der Waals surface area contributed by atoms with Gasteiger partial charge in [0, 0.05) is 6.07 Å². The van der Waals surface area contributed by atoms with Crippen molar-refractivity contribution in [3.63, 3.8) is 0 Å². The van der Waals surface area contributed by atoms with Crippen LogP contribution in [0.2, 0.25) is 0 Å². The largest absolute Gasteiger partial charge is 0.507 e. The number of nitrogens with zero attached hydrogens (tertiary/aromatic N) is 1. The molecule has 0 atom stereocenters. The number of nitrogen functional groups attached to an aromatic ring is 1. The van der Waals surface area contributed by atoms with Crippen molar-refractivity contribution in [2.45, 2.75) is 25.7 Å². The van der Waals surface area contributed by atoms with Gasteiger partial charge in [-0.25, -0.2) is 0 Å². The Kier molecular flexibility index (Phi) is 2.28.